The third kappa shape index (κ3) is 45.6. The van der Waals surface area contributed by atoms with Gasteiger partial charge in [-0.3, -0.25) is 14.4 Å². The molecule has 0 aromatic rings. The third-order valence-corrected chi connectivity index (χ3v) is 13.8. The summed E-state index contributed by atoms with van der Waals surface area (Å²) in [5.41, 5.74) is 0. The van der Waals surface area contributed by atoms with Gasteiger partial charge >= 0.3 is 23.9 Å². The number of allylic oxidation sites excluding steroid dienone is 18. The molecular formula is C69H112O12. The predicted octanol–water partition coefficient (Wildman–Crippen LogP) is 17.0. The van der Waals surface area contributed by atoms with Crippen molar-refractivity contribution in [3.05, 3.63) is 109 Å². The lowest BCUT2D eigenvalue weighted by molar-refractivity contribution is -0.301. The predicted molar refractivity (Wildman–Crippen MR) is 330 cm³/mol. The van der Waals surface area contributed by atoms with Crippen LogP contribution in [-0.2, 0) is 42.9 Å². The van der Waals surface area contributed by atoms with E-state index in [1.165, 1.54) is 70.6 Å². The Balaban J connectivity index is 2.71. The highest BCUT2D eigenvalue weighted by atomic mass is 16.7. The number of ether oxygens (including phenoxy) is 5. The number of aliphatic hydroxyl groups excluding tert-OH is 2. The molecule has 1 aliphatic heterocycles. The summed E-state index contributed by atoms with van der Waals surface area (Å²) in [7, 11) is 0. The maximum absolute atomic E-state index is 13.2. The van der Waals surface area contributed by atoms with E-state index in [-0.39, 0.29) is 25.9 Å². The van der Waals surface area contributed by atoms with Gasteiger partial charge in [-0.25, -0.2) is 4.79 Å². The fourth-order valence-corrected chi connectivity index (χ4v) is 9.03. The Morgan fingerprint density at radius 3 is 1.20 bits per heavy atom. The van der Waals surface area contributed by atoms with E-state index in [0.29, 0.717) is 19.3 Å². The van der Waals surface area contributed by atoms with Crippen LogP contribution in [0.4, 0.5) is 0 Å². The van der Waals surface area contributed by atoms with Crippen molar-refractivity contribution < 1.29 is 58.2 Å². The summed E-state index contributed by atoms with van der Waals surface area (Å²) in [4.78, 5) is 51.3. The molecule has 0 aromatic heterocycles. The number of aliphatic hydroxyl groups is 2. The number of carboxylic acid groups (broad SMARTS) is 1. The summed E-state index contributed by atoms with van der Waals surface area (Å²) in [6.45, 7) is 5.75. The van der Waals surface area contributed by atoms with E-state index in [4.69, 9.17) is 23.7 Å². The number of unbranched alkanes of at least 4 members (excludes halogenated alkanes) is 21. The summed E-state index contributed by atoms with van der Waals surface area (Å²) in [5, 5.41) is 31.6. The number of carboxylic acids is 1. The number of rotatable bonds is 53. The molecule has 81 heavy (non-hydrogen) atoms. The van der Waals surface area contributed by atoms with Gasteiger partial charge in [0.2, 0.25) is 0 Å². The lowest BCUT2D eigenvalue weighted by Gasteiger charge is -2.40. The Bertz CT molecular complexity index is 1820. The Kier molecular flexibility index (Phi) is 51.3. The zero-order valence-electron chi connectivity index (χ0n) is 50.7. The van der Waals surface area contributed by atoms with Crippen LogP contribution < -0.4 is 0 Å². The molecular weight excluding hydrogens is 1020 g/mol. The molecule has 0 bridgehead atoms. The zero-order chi connectivity index (χ0) is 58.9. The van der Waals surface area contributed by atoms with Gasteiger partial charge in [0.25, 0.3) is 0 Å². The Morgan fingerprint density at radius 2 is 0.778 bits per heavy atom. The first-order valence-electron chi connectivity index (χ1n) is 31.9. The average Bonchev–Trinajstić information content (AvgIpc) is 3.54. The molecule has 1 rings (SSSR count). The molecule has 3 N–H and O–H groups in total. The highest BCUT2D eigenvalue weighted by Crippen LogP contribution is 2.26. The monoisotopic (exact) mass is 1130 g/mol. The topological polar surface area (TPSA) is 175 Å². The van der Waals surface area contributed by atoms with Crippen molar-refractivity contribution in [1.82, 2.24) is 0 Å². The Morgan fingerprint density at radius 1 is 0.420 bits per heavy atom. The first kappa shape index (κ1) is 74.4. The first-order valence-corrected chi connectivity index (χ1v) is 31.9. The van der Waals surface area contributed by atoms with E-state index in [1.807, 2.05) is 0 Å². The fraction of sp³-hybridized carbons (Fsp3) is 0.681. The van der Waals surface area contributed by atoms with E-state index in [2.05, 4.69) is 130 Å². The first-order chi connectivity index (χ1) is 39.6. The largest absolute Gasteiger partial charge is 0.479 e. The van der Waals surface area contributed by atoms with Crippen molar-refractivity contribution in [1.29, 1.82) is 0 Å². The van der Waals surface area contributed by atoms with Gasteiger partial charge in [0.05, 0.1) is 6.61 Å². The maximum atomic E-state index is 13.2. The number of aliphatic carboxylic acids is 1. The Labute approximate surface area is 491 Å². The highest BCUT2D eigenvalue weighted by Gasteiger charge is 2.50. The highest BCUT2D eigenvalue weighted by molar-refractivity contribution is 5.74. The van der Waals surface area contributed by atoms with Crippen LogP contribution in [0.25, 0.3) is 0 Å². The fourth-order valence-electron chi connectivity index (χ4n) is 9.03. The SMILES string of the molecule is CC/C=C\C/C=C\C/C=C\C/C=C\C/C=C\CCCCCC(=O)OC1C(OCC(COC(=O)CCCCCC/C=C\C/C=C\C/C=C\C/C=C\CC)OC(=O)CCCCCCCCCCCCCCCCC)OC(C(=O)O)C(O)C1O. The van der Waals surface area contributed by atoms with Crippen molar-refractivity contribution in [3.8, 4) is 0 Å². The minimum absolute atomic E-state index is 0.0147. The quantitative estimate of drug-likeness (QED) is 0.0228. The van der Waals surface area contributed by atoms with Crippen LogP contribution in [0.2, 0.25) is 0 Å². The van der Waals surface area contributed by atoms with Crippen LogP contribution in [0.1, 0.15) is 252 Å². The van der Waals surface area contributed by atoms with E-state index in [1.54, 1.807) is 0 Å². The van der Waals surface area contributed by atoms with Crippen molar-refractivity contribution in [2.45, 2.75) is 289 Å². The summed E-state index contributed by atoms with van der Waals surface area (Å²) in [6, 6.07) is 0. The molecule has 1 heterocycles. The molecule has 0 aliphatic carbocycles. The molecule has 0 saturated carbocycles. The van der Waals surface area contributed by atoms with Crippen LogP contribution in [-0.4, -0.2) is 89.2 Å². The van der Waals surface area contributed by atoms with E-state index < -0.39 is 67.3 Å². The molecule has 12 nitrogen and oxygen atoms in total. The molecule has 0 amide bonds. The standard InChI is InChI=1S/C69H112O12/c1-4-7-10-13-16-19-22-25-28-30-31-33-36-39-42-45-48-51-54-57-63(72)80-67-65(74)64(73)66(68(75)76)81-69(67)78-59-60(79-62(71)56-53-50-47-44-41-38-34-27-24-21-18-15-12-9-6-3)58-77-61(70)55-52-49-46-43-40-37-35-32-29-26-23-20-17-14-11-8-5-2/h7-8,10-11,16-17,19-20,25-26,28-29,31,33,35,37,39,42,60,64-67,69,73-74H,4-6,9,12-15,18,21-24,27,30,32,34,36,38,40-41,43-59H2,1-3H3,(H,75,76)/b10-7-,11-8-,19-16-,20-17-,28-25-,29-26-,33-31-,37-35-,42-39-. The second kappa shape index (κ2) is 55.9. The average molecular weight is 1130 g/mol. The molecule has 1 fully saturated rings. The number of carbonyl (C=O) groups excluding carboxylic acids is 3. The summed E-state index contributed by atoms with van der Waals surface area (Å²) >= 11 is 0. The maximum Gasteiger partial charge on any atom is 0.335 e. The number of hydrogen-bond donors (Lipinski definition) is 3. The van der Waals surface area contributed by atoms with Gasteiger partial charge in [-0.1, -0.05) is 239 Å². The molecule has 6 atom stereocenters. The molecule has 0 radical (unpaired) electrons. The van der Waals surface area contributed by atoms with Crippen molar-refractivity contribution in [2.24, 2.45) is 0 Å². The molecule has 6 unspecified atom stereocenters. The number of carbonyl (C=O) groups is 4. The third-order valence-electron chi connectivity index (χ3n) is 13.8. The van der Waals surface area contributed by atoms with Gasteiger partial charge in [-0.15, -0.1) is 0 Å². The van der Waals surface area contributed by atoms with E-state index in [0.717, 1.165) is 122 Å². The molecule has 1 aliphatic rings. The molecule has 0 spiro atoms. The minimum atomic E-state index is -1.92. The van der Waals surface area contributed by atoms with Gasteiger partial charge < -0.3 is 39.0 Å². The summed E-state index contributed by atoms with van der Waals surface area (Å²) in [5.74, 6) is -3.19. The molecule has 1 saturated heterocycles. The Hall–Kier alpha value is -4.62. The van der Waals surface area contributed by atoms with Crippen LogP contribution >= 0.6 is 0 Å². The van der Waals surface area contributed by atoms with Gasteiger partial charge in [0, 0.05) is 19.3 Å². The second-order valence-corrected chi connectivity index (χ2v) is 21.3. The van der Waals surface area contributed by atoms with Gasteiger partial charge in [-0.2, -0.15) is 0 Å². The van der Waals surface area contributed by atoms with Crippen LogP contribution in [0, 0.1) is 0 Å². The molecule has 460 valence electrons. The number of esters is 3. The van der Waals surface area contributed by atoms with E-state index >= 15 is 0 Å². The van der Waals surface area contributed by atoms with Crippen molar-refractivity contribution in [3.63, 3.8) is 0 Å². The van der Waals surface area contributed by atoms with Crippen LogP contribution in [0.5, 0.6) is 0 Å². The summed E-state index contributed by atoms with van der Waals surface area (Å²) in [6.07, 6.45) is 63.3. The zero-order valence-corrected chi connectivity index (χ0v) is 50.7. The van der Waals surface area contributed by atoms with Crippen LogP contribution in [0.3, 0.4) is 0 Å². The number of hydrogen-bond acceptors (Lipinski definition) is 11. The summed E-state index contributed by atoms with van der Waals surface area (Å²) < 4.78 is 28.5. The van der Waals surface area contributed by atoms with Gasteiger partial charge in [0.1, 0.15) is 18.8 Å². The smallest absolute Gasteiger partial charge is 0.335 e. The molecule has 0 aromatic carbocycles. The van der Waals surface area contributed by atoms with Gasteiger partial charge in [0.15, 0.2) is 24.6 Å². The molecule has 12 heteroatoms. The lowest BCUT2D eigenvalue weighted by atomic mass is 9.98. The van der Waals surface area contributed by atoms with Gasteiger partial charge in [-0.05, 0) is 103 Å². The van der Waals surface area contributed by atoms with Crippen LogP contribution in [0.15, 0.2) is 109 Å². The minimum Gasteiger partial charge on any atom is -0.479 e. The van der Waals surface area contributed by atoms with Crippen molar-refractivity contribution >= 4 is 23.9 Å². The second-order valence-electron chi connectivity index (χ2n) is 21.3. The van der Waals surface area contributed by atoms with Crippen molar-refractivity contribution in [2.75, 3.05) is 13.2 Å². The normalized spacial score (nSPS) is 18.5. The van der Waals surface area contributed by atoms with E-state index in [9.17, 15) is 34.5 Å². The lowest BCUT2D eigenvalue weighted by Crippen LogP contribution is -2.61.